The summed E-state index contributed by atoms with van der Waals surface area (Å²) in [5.41, 5.74) is 0.257. The van der Waals surface area contributed by atoms with Gasteiger partial charge in [0.05, 0.1) is 0 Å². The van der Waals surface area contributed by atoms with Gasteiger partial charge in [0.2, 0.25) is 0 Å². The van der Waals surface area contributed by atoms with Crippen LogP contribution < -0.4 is 5.32 Å². The Hall–Kier alpha value is -2.08. The Morgan fingerprint density at radius 3 is 2.45 bits per heavy atom. The van der Waals surface area contributed by atoms with Gasteiger partial charge in [0.15, 0.2) is 6.10 Å². The molecule has 0 heterocycles. The van der Waals surface area contributed by atoms with E-state index in [4.69, 9.17) is 9.47 Å². The third-order valence-corrected chi connectivity index (χ3v) is 2.58. The molecule has 0 aliphatic carbocycles. The zero-order valence-electron chi connectivity index (χ0n) is 13.2. The molecule has 1 atom stereocenters. The van der Waals surface area contributed by atoms with Gasteiger partial charge in [-0.05, 0) is 26.3 Å². The normalized spacial score (nSPS) is 12.4. The first-order valence-corrected chi connectivity index (χ1v) is 7.13. The molecule has 0 saturated heterocycles. The van der Waals surface area contributed by atoms with E-state index in [2.05, 4.69) is 5.32 Å². The van der Waals surface area contributed by atoms with Crippen molar-refractivity contribution in [2.75, 3.05) is 6.54 Å². The average molecular weight is 309 g/mol. The Labute approximate surface area is 130 Å². The smallest absolute Gasteiger partial charge is 0.407 e. The van der Waals surface area contributed by atoms with Gasteiger partial charge in [-0.3, -0.25) is 0 Å². The molecule has 22 heavy (non-hydrogen) atoms. The molecule has 0 aromatic heterocycles. The number of rotatable bonds is 6. The molecule has 1 aromatic rings. The second kappa shape index (κ2) is 8.38. The number of amides is 1. The summed E-state index contributed by atoms with van der Waals surface area (Å²) in [6.45, 7) is 5.49. The van der Waals surface area contributed by atoms with Crippen molar-refractivity contribution in [2.24, 2.45) is 0 Å². The lowest BCUT2D eigenvalue weighted by atomic mass is 10.2. The molecule has 0 saturated carbocycles. The highest BCUT2D eigenvalue weighted by Gasteiger charge is 2.19. The minimum absolute atomic E-state index is 0.0624. The minimum atomic E-state index is -1.28. The van der Waals surface area contributed by atoms with E-state index in [1.54, 1.807) is 20.8 Å². The van der Waals surface area contributed by atoms with Crippen LogP contribution in [0, 0.1) is 0 Å². The highest BCUT2D eigenvalue weighted by atomic mass is 16.6. The molecule has 6 nitrogen and oxygen atoms in total. The van der Waals surface area contributed by atoms with E-state index in [-0.39, 0.29) is 19.6 Å². The van der Waals surface area contributed by atoms with Crippen LogP contribution in [0.15, 0.2) is 30.3 Å². The lowest BCUT2D eigenvalue weighted by Gasteiger charge is -2.20. The summed E-state index contributed by atoms with van der Waals surface area (Å²) in [6, 6.07) is 9.19. The maximum Gasteiger partial charge on any atom is 0.407 e. The molecule has 1 unspecified atom stereocenters. The molecule has 2 N–H and O–H groups in total. The van der Waals surface area contributed by atoms with Gasteiger partial charge in [-0.25, -0.2) is 9.59 Å². The fraction of sp³-hybridized carbons (Fsp3) is 0.500. The van der Waals surface area contributed by atoms with E-state index in [9.17, 15) is 14.7 Å². The van der Waals surface area contributed by atoms with Crippen LogP contribution in [-0.2, 0) is 20.9 Å². The molecule has 0 spiro atoms. The van der Waals surface area contributed by atoms with Crippen molar-refractivity contribution in [1.82, 2.24) is 5.32 Å². The molecular weight excluding hydrogens is 286 g/mol. The number of alkyl carbamates (subject to hydrolysis) is 1. The minimum Gasteiger partial charge on any atom is -0.459 e. The maximum atomic E-state index is 11.6. The Morgan fingerprint density at radius 2 is 1.86 bits per heavy atom. The Balaban J connectivity index is 2.23. The summed E-state index contributed by atoms with van der Waals surface area (Å²) < 4.78 is 10.0. The van der Waals surface area contributed by atoms with Gasteiger partial charge in [0, 0.05) is 13.0 Å². The number of aliphatic hydroxyl groups excluding tert-OH is 1. The molecule has 1 amide bonds. The predicted octanol–water partition coefficient (Wildman–Crippen LogP) is 2.01. The van der Waals surface area contributed by atoms with Crippen LogP contribution in [0.2, 0.25) is 0 Å². The van der Waals surface area contributed by atoms with Gasteiger partial charge in [-0.15, -0.1) is 0 Å². The number of hydrogen-bond donors (Lipinski definition) is 2. The number of nitrogens with one attached hydrogen (secondary N) is 1. The second-order valence-corrected chi connectivity index (χ2v) is 5.83. The molecule has 0 fully saturated rings. The van der Waals surface area contributed by atoms with E-state index in [1.807, 2.05) is 30.3 Å². The van der Waals surface area contributed by atoms with Crippen molar-refractivity contribution >= 4 is 12.1 Å². The van der Waals surface area contributed by atoms with Gasteiger partial charge >= 0.3 is 12.1 Å². The lowest BCUT2D eigenvalue weighted by Crippen LogP contribution is -2.35. The molecule has 0 aliphatic heterocycles. The number of carbonyl (C=O) groups is 2. The molecule has 6 heteroatoms. The summed E-state index contributed by atoms with van der Waals surface area (Å²) >= 11 is 0. The van der Waals surface area contributed by atoms with E-state index in [0.29, 0.717) is 0 Å². The first-order valence-electron chi connectivity index (χ1n) is 7.13. The monoisotopic (exact) mass is 309 g/mol. The van der Waals surface area contributed by atoms with Crippen LogP contribution in [0.3, 0.4) is 0 Å². The van der Waals surface area contributed by atoms with Crippen molar-refractivity contribution < 1.29 is 24.2 Å². The summed E-state index contributed by atoms with van der Waals surface area (Å²) in [5, 5.41) is 12.1. The van der Waals surface area contributed by atoms with Gasteiger partial charge in [-0.2, -0.15) is 0 Å². The number of benzene rings is 1. The number of ether oxygens (including phenoxy) is 2. The summed E-state index contributed by atoms with van der Waals surface area (Å²) in [5.74, 6) is -0.713. The van der Waals surface area contributed by atoms with E-state index in [1.165, 1.54) is 0 Å². The predicted molar refractivity (Wildman–Crippen MR) is 81.1 cm³/mol. The lowest BCUT2D eigenvalue weighted by molar-refractivity contribution is -0.155. The van der Waals surface area contributed by atoms with Crippen molar-refractivity contribution in [3.8, 4) is 0 Å². The average Bonchev–Trinajstić information content (AvgIpc) is 2.43. The Kier molecular flexibility index (Phi) is 6.85. The van der Waals surface area contributed by atoms with Crippen molar-refractivity contribution in [3.63, 3.8) is 0 Å². The van der Waals surface area contributed by atoms with Crippen LogP contribution in [0.25, 0.3) is 0 Å². The summed E-state index contributed by atoms with van der Waals surface area (Å²) in [7, 11) is 0. The molecule has 1 rings (SSSR count). The van der Waals surface area contributed by atoms with Crippen molar-refractivity contribution in [3.05, 3.63) is 35.9 Å². The number of hydrogen-bond acceptors (Lipinski definition) is 5. The largest absolute Gasteiger partial charge is 0.459 e. The van der Waals surface area contributed by atoms with Gasteiger partial charge < -0.3 is 19.9 Å². The number of carbonyl (C=O) groups excluding carboxylic acids is 2. The zero-order chi connectivity index (χ0) is 16.6. The Morgan fingerprint density at radius 1 is 1.23 bits per heavy atom. The van der Waals surface area contributed by atoms with Gasteiger partial charge in [0.25, 0.3) is 0 Å². The fourth-order valence-electron chi connectivity index (χ4n) is 1.57. The van der Waals surface area contributed by atoms with E-state index >= 15 is 0 Å². The maximum absolute atomic E-state index is 11.6. The summed E-state index contributed by atoms with van der Waals surface area (Å²) in [6.07, 6.45) is -1.80. The first kappa shape index (κ1) is 18.0. The van der Waals surface area contributed by atoms with Crippen LogP contribution in [0.1, 0.15) is 32.8 Å². The highest BCUT2D eigenvalue weighted by Crippen LogP contribution is 2.07. The van der Waals surface area contributed by atoms with Gasteiger partial charge in [-0.1, -0.05) is 30.3 Å². The molecule has 0 aliphatic rings. The Bertz CT molecular complexity index is 481. The number of aliphatic hydroxyl groups is 1. The van der Waals surface area contributed by atoms with Crippen LogP contribution in [0.5, 0.6) is 0 Å². The van der Waals surface area contributed by atoms with Crippen LogP contribution >= 0.6 is 0 Å². The van der Waals surface area contributed by atoms with Crippen molar-refractivity contribution in [1.29, 1.82) is 0 Å². The quantitative estimate of drug-likeness (QED) is 0.785. The standard InChI is InChI=1S/C16H23NO5/c1-16(2,3)22-15(20)17-10-9-13(18)14(19)21-11-12-7-5-4-6-8-12/h4-8,13,18H,9-11H2,1-3H3,(H,17,20). The number of esters is 1. The van der Waals surface area contributed by atoms with E-state index < -0.39 is 23.8 Å². The molecule has 0 bridgehead atoms. The zero-order valence-corrected chi connectivity index (χ0v) is 13.2. The second-order valence-electron chi connectivity index (χ2n) is 5.83. The summed E-state index contributed by atoms with van der Waals surface area (Å²) in [4.78, 5) is 23.0. The van der Waals surface area contributed by atoms with Crippen LogP contribution in [0.4, 0.5) is 4.79 Å². The van der Waals surface area contributed by atoms with E-state index in [0.717, 1.165) is 5.56 Å². The van der Waals surface area contributed by atoms with Gasteiger partial charge in [0.1, 0.15) is 12.2 Å². The molecule has 0 radical (unpaired) electrons. The SMILES string of the molecule is CC(C)(C)OC(=O)NCCC(O)C(=O)OCc1ccccc1. The van der Waals surface area contributed by atoms with Crippen LogP contribution in [-0.4, -0.2) is 35.4 Å². The molecule has 122 valence electrons. The molecular formula is C16H23NO5. The third kappa shape index (κ3) is 7.64. The molecule has 1 aromatic carbocycles. The van der Waals surface area contributed by atoms with Crippen molar-refractivity contribution in [2.45, 2.75) is 45.5 Å². The fourth-order valence-corrected chi connectivity index (χ4v) is 1.57. The topological polar surface area (TPSA) is 84.9 Å². The first-order chi connectivity index (χ1) is 10.3. The third-order valence-electron chi connectivity index (χ3n) is 2.58. The highest BCUT2D eigenvalue weighted by molar-refractivity contribution is 5.74.